The molecule has 0 atom stereocenters. The lowest BCUT2D eigenvalue weighted by molar-refractivity contribution is 0.0502. The summed E-state index contributed by atoms with van der Waals surface area (Å²) >= 11 is 0. The Morgan fingerprint density at radius 3 is 2.26 bits per heavy atom. The molecule has 2 nitrogen and oxygen atoms in total. The molecule has 0 aliphatic rings. The molecule has 0 fully saturated rings. The second-order valence-electron chi connectivity index (χ2n) is 5.96. The number of carbonyl (C=O) groups excluding carboxylic acids is 1. The summed E-state index contributed by atoms with van der Waals surface area (Å²) in [6, 6.07) is 18.6. The van der Waals surface area contributed by atoms with E-state index in [0.717, 1.165) is 29.0 Å². The molecule has 0 unspecified atom stereocenters. The van der Waals surface area contributed by atoms with Crippen LogP contribution in [-0.2, 0) is 4.74 Å². The summed E-state index contributed by atoms with van der Waals surface area (Å²) in [7, 11) is 0. The van der Waals surface area contributed by atoms with Crippen LogP contribution < -0.4 is 0 Å². The molecule has 0 bridgehead atoms. The summed E-state index contributed by atoms with van der Waals surface area (Å²) in [4.78, 5) is 12.4. The first-order valence-electron chi connectivity index (χ1n) is 8.13. The summed E-state index contributed by atoms with van der Waals surface area (Å²) in [5, 5.41) is 6.94. The summed E-state index contributed by atoms with van der Waals surface area (Å²) in [5.41, 5.74) is 0.659. The van der Waals surface area contributed by atoms with E-state index in [-0.39, 0.29) is 5.97 Å². The van der Waals surface area contributed by atoms with Crippen LogP contribution in [0, 0.1) is 0 Å². The summed E-state index contributed by atoms with van der Waals surface area (Å²) in [6.45, 7) is 2.57. The van der Waals surface area contributed by atoms with E-state index in [9.17, 15) is 4.79 Å². The third-order valence-electron chi connectivity index (χ3n) is 4.48. The first kappa shape index (κ1) is 14.0. The Bertz CT molecular complexity index is 985. The highest BCUT2D eigenvalue weighted by Gasteiger charge is 2.15. The molecule has 4 aromatic carbocycles. The van der Waals surface area contributed by atoms with E-state index >= 15 is 0 Å². The molecule has 23 heavy (non-hydrogen) atoms. The van der Waals surface area contributed by atoms with Gasteiger partial charge in [0.2, 0.25) is 0 Å². The maximum Gasteiger partial charge on any atom is 0.338 e. The molecule has 0 aliphatic heterocycles. The van der Waals surface area contributed by atoms with Gasteiger partial charge in [-0.05, 0) is 44.8 Å². The average Bonchev–Trinajstić information content (AvgIpc) is 2.59. The van der Waals surface area contributed by atoms with E-state index < -0.39 is 0 Å². The zero-order valence-corrected chi connectivity index (χ0v) is 13.1. The van der Waals surface area contributed by atoms with Crippen LogP contribution in [0.4, 0.5) is 0 Å². The van der Waals surface area contributed by atoms with Crippen molar-refractivity contribution in [3.8, 4) is 0 Å². The minimum Gasteiger partial charge on any atom is -0.462 e. The fourth-order valence-electron chi connectivity index (χ4n) is 3.30. The number of carbonyl (C=O) groups is 1. The van der Waals surface area contributed by atoms with Crippen molar-refractivity contribution in [1.29, 1.82) is 0 Å². The van der Waals surface area contributed by atoms with Gasteiger partial charge in [0.25, 0.3) is 0 Å². The first-order chi connectivity index (χ1) is 11.3. The number of hydrogen-bond donors (Lipinski definition) is 0. The first-order valence-corrected chi connectivity index (χ1v) is 8.13. The third kappa shape index (κ3) is 2.22. The van der Waals surface area contributed by atoms with Gasteiger partial charge in [-0.1, -0.05) is 61.9 Å². The van der Waals surface area contributed by atoms with Gasteiger partial charge in [0.05, 0.1) is 12.2 Å². The van der Waals surface area contributed by atoms with Crippen molar-refractivity contribution in [2.24, 2.45) is 0 Å². The number of esters is 1. The molecule has 0 saturated heterocycles. The summed E-state index contributed by atoms with van der Waals surface area (Å²) in [5.74, 6) is -0.226. The van der Waals surface area contributed by atoms with Gasteiger partial charge in [0, 0.05) is 0 Å². The van der Waals surface area contributed by atoms with Crippen molar-refractivity contribution in [3.63, 3.8) is 0 Å². The second kappa shape index (κ2) is 5.54. The lowest BCUT2D eigenvalue weighted by Crippen LogP contribution is -2.07. The molecule has 0 N–H and O–H groups in total. The topological polar surface area (TPSA) is 26.3 Å². The highest BCUT2D eigenvalue weighted by molar-refractivity contribution is 6.25. The fraction of sp³-hybridized carbons (Fsp3) is 0.190. The molecule has 114 valence electrons. The van der Waals surface area contributed by atoms with Crippen LogP contribution in [-0.4, -0.2) is 12.6 Å². The molecular formula is C21H18O2. The van der Waals surface area contributed by atoms with Crippen LogP contribution in [0.1, 0.15) is 30.1 Å². The van der Waals surface area contributed by atoms with Gasteiger partial charge in [-0.15, -0.1) is 0 Å². The van der Waals surface area contributed by atoms with Crippen molar-refractivity contribution < 1.29 is 9.53 Å². The lowest BCUT2D eigenvalue weighted by Gasteiger charge is -2.13. The third-order valence-corrected chi connectivity index (χ3v) is 4.48. The smallest absolute Gasteiger partial charge is 0.338 e. The van der Waals surface area contributed by atoms with Crippen LogP contribution in [0.15, 0.2) is 54.6 Å². The Balaban J connectivity index is 1.94. The van der Waals surface area contributed by atoms with Crippen molar-refractivity contribution in [3.05, 3.63) is 60.2 Å². The molecule has 0 radical (unpaired) electrons. The summed E-state index contributed by atoms with van der Waals surface area (Å²) in [6.07, 6.45) is 1.92. The van der Waals surface area contributed by atoms with Gasteiger partial charge >= 0.3 is 5.97 Å². The Kier molecular flexibility index (Phi) is 3.38. The van der Waals surface area contributed by atoms with Gasteiger partial charge in [-0.2, -0.15) is 0 Å². The molecule has 0 spiro atoms. The SMILES string of the molecule is CCCCOC(=O)c1ccc2ccc3cccc4ccc1c2c34. The molecule has 2 heteroatoms. The van der Waals surface area contributed by atoms with Crippen LogP contribution >= 0.6 is 0 Å². The highest BCUT2D eigenvalue weighted by Crippen LogP contribution is 2.36. The maximum absolute atomic E-state index is 12.4. The zero-order chi connectivity index (χ0) is 15.8. The van der Waals surface area contributed by atoms with Crippen LogP contribution in [0.2, 0.25) is 0 Å². The zero-order valence-electron chi connectivity index (χ0n) is 13.1. The number of benzene rings is 4. The van der Waals surface area contributed by atoms with Gasteiger partial charge in [-0.25, -0.2) is 4.79 Å². The van der Waals surface area contributed by atoms with E-state index in [2.05, 4.69) is 43.3 Å². The van der Waals surface area contributed by atoms with E-state index in [1.54, 1.807) is 0 Å². The summed E-state index contributed by atoms with van der Waals surface area (Å²) < 4.78 is 5.42. The molecule has 4 rings (SSSR count). The van der Waals surface area contributed by atoms with Crippen LogP contribution in [0.25, 0.3) is 32.3 Å². The number of rotatable bonds is 4. The number of hydrogen-bond acceptors (Lipinski definition) is 2. The largest absolute Gasteiger partial charge is 0.462 e. The lowest BCUT2D eigenvalue weighted by atomic mass is 9.92. The van der Waals surface area contributed by atoms with Crippen LogP contribution in [0.3, 0.4) is 0 Å². The highest BCUT2D eigenvalue weighted by atomic mass is 16.5. The molecule has 0 heterocycles. The maximum atomic E-state index is 12.4. The van der Waals surface area contributed by atoms with Crippen molar-refractivity contribution >= 4 is 38.3 Å². The second-order valence-corrected chi connectivity index (χ2v) is 5.96. The Morgan fingerprint density at radius 1 is 0.870 bits per heavy atom. The van der Waals surface area contributed by atoms with E-state index in [0.29, 0.717) is 12.2 Å². The monoisotopic (exact) mass is 302 g/mol. The quantitative estimate of drug-likeness (QED) is 0.281. The number of ether oxygens (including phenoxy) is 1. The molecular weight excluding hydrogens is 284 g/mol. The molecule has 0 saturated carbocycles. The van der Waals surface area contributed by atoms with Crippen molar-refractivity contribution in [2.45, 2.75) is 19.8 Å². The van der Waals surface area contributed by atoms with Crippen molar-refractivity contribution in [2.75, 3.05) is 6.61 Å². The minimum atomic E-state index is -0.226. The molecule has 4 aromatic rings. The van der Waals surface area contributed by atoms with Gasteiger partial charge in [0.1, 0.15) is 0 Å². The van der Waals surface area contributed by atoms with Crippen LogP contribution in [0.5, 0.6) is 0 Å². The molecule has 0 amide bonds. The normalized spacial score (nSPS) is 11.5. The van der Waals surface area contributed by atoms with E-state index in [1.807, 2.05) is 18.2 Å². The minimum absolute atomic E-state index is 0.226. The van der Waals surface area contributed by atoms with E-state index in [1.165, 1.54) is 16.2 Å². The predicted molar refractivity (Wildman–Crippen MR) is 95.3 cm³/mol. The van der Waals surface area contributed by atoms with Gasteiger partial charge in [0.15, 0.2) is 0 Å². The molecule has 0 aromatic heterocycles. The fourth-order valence-corrected chi connectivity index (χ4v) is 3.30. The standard InChI is InChI=1S/C21H18O2/c1-2-3-13-23-21(22)18-12-10-16-8-7-14-5-4-6-15-9-11-17(18)20(16)19(14)15/h4-12H,2-3,13H2,1H3. The van der Waals surface area contributed by atoms with E-state index in [4.69, 9.17) is 4.74 Å². The van der Waals surface area contributed by atoms with Gasteiger partial charge in [-0.3, -0.25) is 0 Å². The Labute approximate surface area is 135 Å². The Morgan fingerprint density at radius 2 is 1.52 bits per heavy atom. The van der Waals surface area contributed by atoms with Gasteiger partial charge < -0.3 is 4.74 Å². The number of unbranched alkanes of at least 4 members (excludes halogenated alkanes) is 1. The average molecular weight is 302 g/mol. The van der Waals surface area contributed by atoms with Crippen molar-refractivity contribution in [1.82, 2.24) is 0 Å². The predicted octanol–water partition coefficient (Wildman–Crippen LogP) is 5.54. The Hall–Kier alpha value is -2.61. The molecule has 0 aliphatic carbocycles.